The fraction of sp³-hybridized carbons (Fsp3) is 0.242. The minimum absolute atomic E-state index is 0.0877. The molecule has 2 aromatic carbocycles. The number of nitrogens with one attached hydrogen (secondary N) is 2. The Morgan fingerprint density at radius 1 is 0.568 bits per heavy atom. The van der Waals surface area contributed by atoms with Gasteiger partial charge in [0.2, 0.25) is 0 Å². The average Bonchev–Trinajstić information content (AvgIpc) is 3.72. The number of benzene rings is 2. The van der Waals surface area contributed by atoms with Crippen LogP contribution in [0, 0.1) is 0 Å². The van der Waals surface area contributed by atoms with E-state index in [0.717, 1.165) is 36.8 Å². The van der Waals surface area contributed by atoms with Crippen LogP contribution in [0.4, 0.5) is 0 Å². The van der Waals surface area contributed by atoms with Crippen LogP contribution in [0.2, 0.25) is 0 Å². The zero-order valence-electron chi connectivity index (χ0n) is 24.3. The Labute approximate surface area is 255 Å². The summed E-state index contributed by atoms with van der Waals surface area (Å²) in [4.78, 5) is 29.9. The first-order valence-electron chi connectivity index (χ1n) is 14.8. The highest BCUT2D eigenvalue weighted by Gasteiger charge is 2.12. The molecule has 9 rings (SSSR count). The topological polar surface area (TPSA) is 133 Å². The molecule has 0 aliphatic carbocycles. The molecule has 0 radical (unpaired) electrons. The van der Waals surface area contributed by atoms with Gasteiger partial charge < -0.3 is 10.6 Å². The SMILES string of the molecule is O=C1NCCC/C=C\CCCNC(=O)c2ccc(cc2)Cn2cc(nn2)-c2cccc(n2)-c2cn(nn2)Cc2ccc1cc2. The van der Waals surface area contributed by atoms with E-state index in [-0.39, 0.29) is 11.8 Å². The normalized spacial score (nSPS) is 15.6. The van der Waals surface area contributed by atoms with Crippen molar-refractivity contribution in [2.45, 2.75) is 38.8 Å². The fourth-order valence-corrected chi connectivity index (χ4v) is 4.89. The van der Waals surface area contributed by atoms with E-state index in [4.69, 9.17) is 4.98 Å². The zero-order valence-corrected chi connectivity index (χ0v) is 24.3. The molecular formula is C33H33N9O2. The quantitative estimate of drug-likeness (QED) is 0.258. The average molecular weight is 588 g/mol. The lowest BCUT2D eigenvalue weighted by Crippen LogP contribution is -2.24. The Morgan fingerprint density at radius 2 is 1.02 bits per heavy atom. The highest BCUT2D eigenvalue weighted by molar-refractivity contribution is 5.94. The third-order valence-corrected chi connectivity index (χ3v) is 7.31. The van der Waals surface area contributed by atoms with Crippen LogP contribution >= 0.6 is 0 Å². The van der Waals surface area contributed by atoms with E-state index in [1.807, 2.05) is 79.1 Å². The molecule has 0 saturated carbocycles. The number of carbonyl (C=O) groups is 2. The van der Waals surface area contributed by atoms with Gasteiger partial charge in [-0.3, -0.25) is 9.59 Å². The minimum atomic E-state index is -0.0877. The van der Waals surface area contributed by atoms with Crippen molar-refractivity contribution in [3.63, 3.8) is 0 Å². The van der Waals surface area contributed by atoms with Gasteiger partial charge in [-0.05, 0) is 73.2 Å². The molecule has 3 aromatic heterocycles. The van der Waals surface area contributed by atoms with Crippen molar-refractivity contribution < 1.29 is 9.59 Å². The summed E-state index contributed by atoms with van der Waals surface area (Å²) in [5.41, 5.74) is 5.89. The summed E-state index contributed by atoms with van der Waals surface area (Å²) >= 11 is 0. The van der Waals surface area contributed by atoms with E-state index in [9.17, 15) is 9.59 Å². The summed E-state index contributed by atoms with van der Waals surface area (Å²) in [6.45, 7) is 2.24. The maximum absolute atomic E-state index is 12.6. The smallest absolute Gasteiger partial charge is 0.251 e. The largest absolute Gasteiger partial charge is 0.352 e. The van der Waals surface area contributed by atoms with E-state index < -0.39 is 0 Å². The van der Waals surface area contributed by atoms with Gasteiger partial charge in [-0.25, -0.2) is 14.3 Å². The fourth-order valence-electron chi connectivity index (χ4n) is 4.89. The number of pyridine rings is 1. The maximum atomic E-state index is 12.6. The second-order valence-electron chi connectivity index (χ2n) is 10.7. The zero-order chi connectivity index (χ0) is 30.1. The predicted octanol–water partition coefficient (Wildman–Crippen LogP) is 4.29. The lowest BCUT2D eigenvalue weighted by atomic mass is 10.1. The van der Waals surface area contributed by atoms with Gasteiger partial charge >= 0.3 is 0 Å². The maximum Gasteiger partial charge on any atom is 0.251 e. The van der Waals surface area contributed by atoms with Crippen molar-refractivity contribution in [1.29, 1.82) is 0 Å². The Hall–Kier alpha value is -5.45. The van der Waals surface area contributed by atoms with Gasteiger partial charge in [-0.15, -0.1) is 10.2 Å². The van der Waals surface area contributed by atoms with Crippen molar-refractivity contribution in [2.75, 3.05) is 13.1 Å². The Morgan fingerprint density at radius 3 is 1.48 bits per heavy atom. The highest BCUT2D eigenvalue weighted by Crippen LogP contribution is 2.20. The monoisotopic (exact) mass is 587 g/mol. The van der Waals surface area contributed by atoms with Gasteiger partial charge in [0.05, 0.1) is 36.9 Å². The van der Waals surface area contributed by atoms with Gasteiger partial charge in [0, 0.05) is 24.2 Å². The second kappa shape index (κ2) is 13.7. The first-order valence-corrected chi connectivity index (χ1v) is 14.8. The summed E-state index contributed by atoms with van der Waals surface area (Å²) in [7, 11) is 0. The van der Waals surface area contributed by atoms with Crippen molar-refractivity contribution in [2.24, 2.45) is 0 Å². The molecule has 11 heteroatoms. The predicted molar refractivity (Wildman–Crippen MR) is 166 cm³/mol. The third kappa shape index (κ3) is 7.30. The Balaban J connectivity index is 1.19. The van der Waals surface area contributed by atoms with Crippen LogP contribution in [0.15, 0.2) is 91.3 Å². The van der Waals surface area contributed by atoms with E-state index in [0.29, 0.717) is 60.1 Å². The molecule has 5 aromatic rings. The number of aromatic nitrogens is 7. The van der Waals surface area contributed by atoms with Crippen LogP contribution in [-0.2, 0) is 13.1 Å². The molecule has 2 N–H and O–H groups in total. The highest BCUT2D eigenvalue weighted by atomic mass is 16.2. The summed E-state index contributed by atoms with van der Waals surface area (Å²) in [5.74, 6) is -0.175. The van der Waals surface area contributed by atoms with Crippen LogP contribution in [0.1, 0.15) is 57.5 Å². The molecule has 11 nitrogen and oxygen atoms in total. The van der Waals surface area contributed by atoms with Crippen molar-refractivity contribution in [1.82, 2.24) is 45.6 Å². The van der Waals surface area contributed by atoms with Gasteiger partial charge in [-0.2, -0.15) is 0 Å². The second-order valence-corrected chi connectivity index (χ2v) is 10.7. The van der Waals surface area contributed by atoms with Crippen molar-refractivity contribution in [3.8, 4) is 22.8 Å². The molecule has 222 valence electrons. The number of amides is 2. The molecular weight excluding hydrogens is 554 g/mol. The van der Waals surface area contributed by atoms with Crippen LogP contribution in [-0.4, -0.2) is 59.9 Å². The molecule has 0 atom stereocenters. The summed E-state index contributed by atoms with van der Waals surface area (Å²) in [5, 5.41) is 23.2. The first kappa shape index (κ1) is 28.7. The number of nitrogens with zero attached hydrogens (tertiary/aromatic N) is 7. The van der Waals surface area contributed by atoms with E-state index in [1.165, 1.54) is 0 Å². The Kier molecular flexibility index (Phi) is 8.91. The van der Waals surface area contributed by atoms with Crippen LogP contribution < -0.4 is 10.6 Å². The molecule has 4 aliphatic rings. The molecule has 10 bridgehead atoms. The number of allylic oxidation sites excluding steroid dienone is 2. The molecule has 0 fully saturated rings. The molecule has 0 unspecified atom stereocenters. The van der Waals surface area contributed by atoms with Crippen LogP contribution in [0.25, 0.3) is 22.8 Å². The number of rotatable bonds is 0. The summed E-state index contributed by atoms with van der Waals surface area (Å²) in [6.07, 6.45) is 11.4. The molecule has 0 spiro atoms. The number of carbonyl (C=O) groups excluding carboxylic acids is 2. The molecule has 7 heterocycles. The summed E-state index contributed by atoms with van der Waals surface area (Å²) < 4.78 is 3.50. The molecule has 2 amide bonds. The van der Waals surface area contributed by atoms with Gasteiger partial charge in [0.15, 0.2) is 0 Å². The van der Waals surface area contributed by atoms with Crippen LogP contribution in [0.5, 0.6) is 0 Å². The van der Waals surface area contributed by atoms with Gasteiger partial charge in [0.25, 0.3) is 11.8 Å². The Bertz CT molecular complexity index is 1630. The minimum Gasteiger partial charge on any atom is -0.352 e. The van der Waals surface area contributed by atoms with E-state index >= 15 is 0 Å². The molecule has 0 saturated heterocycles. The molecule has 44 heavy (non-hydrogen) atoms. The van der Waals surface area contributed by atoms with Crippen LogP contribution in [0.3, 0.4) is 0 Å². The first-order chi connectivity index (χ1) is 21.6. The van der Waals surface area contributed by atoms with Crippen molar-refractivity contribution >= 4 is 11.8 Å². The number of hydrogen-bond donors (Lipinski definition) is 2. The van der Waals surface area contributed by atoms with Gasteiger partial charge in [-0.1, -0.05) is 52.9 Å². The van der Waals surface area contributed by atoms with E-state index in [1.54, 1.807) is 9.36 Å². The van der Waals surface area contributed by atoms with Gasteiger partial charge in [0.1, 0.15) is 11.4 Å². The lowest BCUT2D eigenvalue weighted by molar-refractivity contribution is 0.0945. The lowest BCUT2D eigenvalue weighted by Gasteiger charge is -2.06. The standard InChI is InChI=1S/C33H33N9O2/c43-32-26-14-10-24(11-15-26)20-41-22-30(37-39-41)28-8-7-9-29(36-28)31-23-42(40-38-31)21-25-12-16-27(17-13-25)33(44)35-19-6-4-2-1-3-5-18-34-32/h1-2,7-17,22-23H,3-6,18-21H2,(H,34,43)(H,35,44)/b2-1-. The van der Waals surface area contributed by atoms with E-state index in [2.05, 4.69) is 43.4 Å². The summed E-state index contributed by atoms with van der Waals surface area (Å²) in [6, 6.07) is 20.7. The third-order valence-electron chi connectivity index (χ3n) is 7.31. The van der Waals surface area contributed by atoms with Crippen molar-refractivity contribution in [3.05, 3.63) is 114 Å². The molecule has 4 aliphatic heterocycles. The number of hydrogen-bond acceptors (Lipinski definition) is 7.